The lowest BCUT2D eigenvalue weighted by Gasteiger charge is -2.02. The van der Waals surface area contributed by atoms with Crippen LogP contribution in [0.15, 0.2) is 42.3 Å². The van der Waals surface area contributed by atoms with E-state index in [2.05, 4.69) is 20.1 Å². The molecule has 0 unspecified atom stereocenters. The molecule has 0 saturated heterocycles. The van der Waals surface area contributed by atoms with Gasteiger partial charge in [-0.1, -0.05) is 11.6 Å². The smallest absolute Gasteiger partial charge is 0.129 e. The minimum Gasteiger partial charge on any atom is -0.275 e. The zero-order chi connectivity index (χ0) is 15.1. The number of halogens is 1. The molecule has 4 rings (SSSR count). The van der Waals surface area contributed by atoms with Crippen LogP contribution in [0.1, 0.15) is 0 Å². The van der Waals surface area contributed by atoms with Crippen LogP contribution < -0.4 is 0 Å². The summed E-state index contributed by atoms with van der Waals surface area (Å²) in [4.78, 5) is 13.9. The molecule has 4 aromatic heterocycles. The van der Waals surface area contributed by atoms with Crippen molar-refractivity contribution >= 4 is 34.0 Å². The van der Waals surface area contributed by atoms with Gasteiger partial charge in [0.05, 0.1) is 21.4 Å². The van der Waals surface area contributed by atoms with E-state index in [1.54, 1.807) is 27.6 Å². The first-order valence-corrected chi connectivity index (χ1v) is 7.81. The molecule has 0 aliphatic heterocycles. The van der Waals surface area contributed by atoms with Crippen molar-refractivity contribution in [1.82, 2.24) is 24.7 Å². The maximum Gasteiger partial charge on any atom is 0.129 e. The first-order valence-electron chi connectivity index (χ1n) is 6.56. The number of hydrogen-bond donors (Lipinski definition) is 0. The van der Waals surface area contributed by atoms with E-state index in [-0.39, 0.29) is 0 Å². The highest BCUT2D eigenvalue weighted by Crippen LogP contribution is 2.33. The van der Waals surface area contributed by atoms with Crippen molar-refractivity contribution in [1.29, 1.82) is 0 Å². The first kappa shape index (κ1) is 13.4. The van der Waals surface area contributed by atoms with Gasteiger partial charge in [0.2, 0.25) is 0 Å². The molecule has 0 fully saturated rings. The second-order valence-electron chi connectivity index (χ2n) is 4.83. The monoisotopic (exact) mass is 327 g/mol. The van der Waals surface area contributed by atoms with Crippen LogP contribution in [0.5, 0.6) is 0 Å². The molecule has 0 aliphatic carbocycles. The minimum atomic E-state index is 0.459. The number of pyridine rings is 2. The van der Waals surface area contributed by atoms with Gasteiger partial charge in [0.15, 0.2) is 0 Å². The van der Waals surface area contributed by atoms with Crippen LogP contribution in [0.4, 0.5) is 0 Å². The van der Waals surface area contributed by atoms with Gasteiger partial charge in [-0.15, -0.1) is 11.3 Å². The fourth-order valence-corrected chi connectivity index (χ4v) is 3.12. The number of rotatable bonds is 2. The van der Waals surface area contributed by atoms with Crippen molar-refractivity contribution in [2.45, 2.75) is 0 Å². The topological polar surface area (TPSA) is 56.5 Å². The van der Waals surface area contributed by atoms with Crippen molar-refractivity contribution < 1.29 is 0 Å². The van der Waals surface area contributed by atoms with Crippen LogP contribution in [0, 0.1) is 0 Å². The van der Waals surface area contributed by atoms with E-state index < -0.39 is 0 Å². The molecule has 0 amide bonds. The quantitative estimate of drug-likeness (QED) is 0.525. The Kier molecular flexibility index (Phi) is 3.13. The van der Waals surface area contributed by atoms with E-state index in [1.165, 1.54) is 0 Å². The summed E-state index contributed by atoms with van der Waals surface area (Å²) in [6.45, 7) is 0. The molecule has 0 aromatic carbocycles. The highest BCUT2D eigenvalue weighted by atomic mass is 35.5. The Morgan fingerprint density at radius 1 is 1.18 bits per heavy atom. The zero-order valence-electron chi connectivity index (χ0n) is 11.6. The summed E-state index contributed by atoms with van der Waals surface area (Å²) < 4.78 is 1.79. The molecule has 0 atom stereocenters. The fraction of sp³-hybridized carbons (Fsp3) is 0.0667. The van der Waals surface area contributed by atoms with Crippen molar-refractivity contribution in [2.75, 3.05) is 0 Å². The van der Waals surface area contributed by atoms with Gasteiger partial charge in [0.25, 0.3) is 0 Å². The molecule has 0 saturated carbocycles. The van der Waals surface area contributed by atoms with Crippen molar-refractivity contribution in [3.63, 3.8) is 0 Å². The van der Waals surface area contributed by atoms with Gasteiger partial charge in [-0.05, 0) is 18.2 Å². The second-order valence-corrected chi connectivity index (χ2v) is 6.10. The Balaban J connectivity index is 1.92. The Labute approximate surface area is 135 Å². The molecule has 0 radical (unpaired) electrons. The van der Waals surface area contributed by atoms with Gasteiger partial charge >= 0.3 is 0 Å². The standard InChI is InChI=1S/C15H10ClN5S/c1-21-7-10(15(20-21)13-6-17-8-22-13)9-4-12-11(18-5-9)2-3-14(16)19-12/h2-8H,1H3. The van der Waals surface area contributed by atoms with Gasteiger partial charge in [-0.2, -0.15) is 5.10 Å². The predicted octanol–water partition coefficient (Wildman–Crippen LogP) is 3.81. The Morgan fingerprint density at radius 3 is 2.91 bits per heavy atom. The average Bonchev–Trinajstić information content (AvgIpc) is 3.15. The molecule has 7 heteroatoms. The number of thiazole rings is 1. The van der Waals surface area contributed by atoms with Gasteiger partial charge in [-0.25, -0.2) is 4.98 Å². The average molecular weight is 328 g/mol. The number of fused-ring (bicyclic) bond motifs is 1. The predicted molar refractivity (Wildman–Crippen MR) is 87.9 cm³/mol. The van der Waals surface area contributed by atoms with E-state index >= 15 is 0 Å². The summed E-state index contributed by atoms with van der Waals surface area (Å²) in [5.74, 6) is 0. The number of hydrogen-bond acceptors (Lipinski definition) is 5. The highest BCUT2D eigenvalue weighted by Gasteiger charge is 2.14. The third kappa shape index (κ3) is 2.26. The molecule has 0 bridgehead atoms. The number of aromatic nitrogens is 5. The van der Waals surface area contributed by atoms with Crippen molar-refractivity contribution in [3.8, 4) is 21.7 Å². The SMILES string of the molecule is Cn1cc(-c2cnc3ccc(Cl)nc3c2)c(-c2cncs2)n1. The Morgan fingerprint density at radius 2 is 2.09 bits per heavy atom. The maximum absolute atomic E-state index is 5.97. The van der Waals surface area contributed by atoms with Crippen molar-refractivity contribution in [2.24, 2.45) is 7.05 Å². The zero-order valence-corrected chi connectivity index (χ0v) is 13.1. The number of nitrogens with zero attached hydrogens (tertiary/aromatic N) is 5. The first-order chi connectivity index (χ1) is 10.7. The highest BCUT2D eigenvalue weighted by molar-refractivity contribution is 7.13. The lowest BCUT2D eigenvalue weighted by atomic mass is 10.1. The van der Waals surface area contributed by atoms with E-state index in [1.807, 2.05) is 37.8 Å². The van der Waals surface area contributed by atoms with Gasteiger partial charge in [0.1, 0.15) is 10.8 Å². The van der Waals surface area contributed by atoms with Crippen LogP contribution in [0.2, 0.25) is 5.15 Å². The van der Waals surface area contributed by atoms with Crippen LogP contribution in [-0.4, -0.2) is 24.7 Å². The largest absolute Gasteiger partial charge is 0.275 e. The molecule has 0 N–H and O–H groups in total. The lowest BCUT2D eigenvalue weighted by Crippen LogP contribution is -1.87. The molecule has 5 nitrogen and oxygen atoms in total. The third-order valence-corrected chi connectivity index (χ3v) is 4.30. The Hall–Kier alpha value is -2.31. The van der Waals surface area contributed by atoms with E-state index in [9.17, 15) is 0 Å². The fourth-order valence-electron chi connectivity index (χ4n) is 2.34. The summed E-state index contributed by atoms with van der Waals surface area (Å²) in [6.07, 6.45) is 5.63. The van der Waals surface area contributed by atoms with Gasteiger partial charge in [-0.3, -0.25) is 14.6 Å². The molecule has 108 valence electrons. The summed E-state index contributed by atoms with van der Waals surface area (Å²) in [5.41, 5.74) is 6.24. The normalized spacial score (nSPS) is 11.2. The van der Waals surface area contributed by atoms with E-state index in [0.29, 0.717) is 5.15 Å². The molecular formula is C15H10ClN5S. The van der Waals surface area contributed by atoms with Crippen LogP contribution in [0.3, 0.4) is 0 Å². The van der Waals surface area contributed by atoms with Crippen LogP contribution >= 0.6 is 22.9 Å². The van der Waals surface area contributed by atoms with Crippen LogP contribution in [0.25, 0.3) is 32.7 Å². The Bertz CT molecular complexity index is 961. The number of aryl methyl sites for hydroxylation is 1. The summed E-state index contributed by atoms with van der Waals surface area (Å²) in [7, 11) is 1.90. The van der Waals surface area contributed by atoms with E-state index in [0.717, 1.165) is 32.7 Å². The molecular weight excluding hydrogens is 318 g/mol. The summed E-state index contributed by atoms with van der Waals surface area (Å²) in [5, 5.41) is 5.00. The molecule has 0 aliphatic rings. The van der Waals surface area contributed by atoms with Gasteiger partial charge in [0, 0.05) is 36.8 Å². The molecule has 4 aromatic rings. The van der Waals surface area contributed by atoms with Crippen molar-refractivity contribution in [3.05, 3.63) is 47.5 Å². The molecule has 22 heavy (non-hydrogen) atoms. The third-order valence-electron chi connectivity index (χ3n) is 3.31. The summed E-state index contributed by atoms with van der Waals surface area (Å²) in [6, 6.07) is 5.58. The molecule has 0 spiro atoms. The van der Waals surface area contributed by atoms with Gasteiger partial charge < -0.3 is 0 Å². The lowest BCUT2D eigenvalue weighted by molar-refractivity contribution is 0.771. The summed E-state index contributed by atoms with van der Waals surface area (Å²) >= 11 is 7.53. The van der Waals surface area contributed by atoms with Crippen LogP contribution in [-0.2, 0) is 7.05 Å². The minimum absolute atomic E-state index is 0.459. The second kappa shape index (κ2) is 5.15. The molecule has 4 heterocycles. The van der Waals surface area contributed by atoms with E-state index in [4.69, 9.17) is 11.6 Å². The maximum atomic E-state index is 5.97.